The van der Waals surface area contributed by atoms with Crippen LogP contribution >= 0.6 is 0 Å². The molecule has 0 fully saturated rings. The molecule has 0 amide bonds. The van der Waals surface area contributed by atoms with Gasteiger partial charge in [0.25, 0.3) is 0 Å². The normalized spacial score (nSPS) is 13.8. The first-order valence-electron chi connectivity index (χ1n) is 4.12. The predicted octanol–water partition coefficient (Wildman–Crippen LogP) is 1.16. The van der Waals surface area contributed by atoms with Crippen LogP contribution in [-0.2, 0) is 0 Å². The molecule has 0 aliphatic heterocycles. The number of hydrogen-bond acceptors (Lipinski definition) is 0. The van der Waals surface area contributed by atoms with Crippen molar-refractivity contribution in [1.29, 1.82) is 0 Å². The zero-order valence-electron chi connectivity index (χ0n) is 7.37. The molecule has 0 saturated heterocycles. The topological polar surface area (TPSA) is 14.0 Å². The number of rotatable bonds is 3. The highest BCUT2D eigenvalue weighted by atomic mass is 19.3. The van der Waals surface area contributed by atoms with Gasteiger partial charge in [0, 0.05) is 12.5 Å². The third-order valence-electron chi connectivity index (χ3n) is 1.77. The van der Waals surface area contributed by atoms with E-state index in [4.69, 9.17) is 0 Å². The number of benzene rings is 1. The molecule has 0 saturated carbocycles. The molecule has 1 atom stereocenters. The summed E-state index contributed by atoms with van der Waals surface area (Å²) < 4.78 is 23.6. The maximum Gasteiger partial charge on any atom is 0.313 e. The molecule has 13 heavy (non-hydrogen) atoms. The standard InChI is InChI=1S/C10H11F2N/c1-8(13-7-10(11)12)9-5-3-2-4-6-9/h2-8,10H,1H3/p+1/t8-/m1/s1. The molecular weight excluding hydrogens is 172 g/mol. The number of hydrogen-bond donors (Lipinski definition) is 1. The number of alkyl halides is 2. The first-order chi connectivity index (χ1) is 6.20. The average molecular weight is 184 g/mol. The van der Waals surface area contributed by atoms with Gasteiger partial charge in [0.15, 0.2) is 6.04 Å². The van der Waals surface area contributed by atoms with Gasteiger partial charge in [0.05, 0.1) is 0 Å². The molecule has 1 rings (SSSR count). The van der Waals surface area contributed by atoms with Gasteiger partial charge in [0.1, 0.15) is 0 Å². The Bertz CT molecular complexity index is 270. The fraction of sp³-hybridized carbons (Fsp3) is 0.300. The van der Waals surface area contributed by atoms with Crippen molar-refractivity contribution in [2.24, 2.45) is 0 Å². The molecule has 0 aromatic heterocycles. The Balaban J connectivity index is 2.64. The molecule has 1 nitrogen and oxygen atoms in total. The largest absolute Gasteiger partial charge is 0.313 e. The first-order valence-corrected chi connectivity index (χ1v) is 4.12. The molecule has 0 bridgehead atoms. The lowest BCUT2D eigenvalue weighted by molar-refractivity contribution is -0.503. The highest BCUT2D eigenvalue weighted by Gasteiger charge is 2.08. The summed E-state index contributed by atoms with van der Waals surface area (Å²) in [4.78, 5) is 2.62. The minimum Gasteiger partial charge on any atom is -0.240 e. The molecule has 0 aliphatic rings. The molecule has 0 aliphatic carbocycles. The molecule has 0 radical (unpaired) electrons. The summed E-state index contributed by atoms with van der Waals surface area (Å²) in [5.41, 5.74) is 0.999. The van der Waals surface area contributed by atoms with Crippen LogP contribution in [0.2, 0.25) is 0 Å². The Kier molecular flexibility index (Phi) is 3.55. The van der Waals surface area contributed by atoms with Crippen LogP contribution < -0.4 is 4.99 Å². The van der Waals surface area contributed by atoms with Crippen LogP contribution in [0.5, 0.6) is 0 Å². The summed E-state index contributed by atoms with van der Waals surface area (Å²) in [6, 6.07) is 9.39. The van der Waals surface area contributed by atoms with Crippen molar-refractivity contribution in [2.45, 2.75) is 19.4 Å². The van der Waals surface area contributed by atoms with E-state index in [2.05, 4.69) is 4.99 Å². The molecule has 1 aromatic carbocycles. The van der Waals surface area contributed by atoms with Crippen LogP contribution in [0.4, 0.5) is 8.78 Å². The van der Waals surface area contributed by atoms with Crippen molar-refractivity contribution in [2.75, 3.05) is 0 Å². The first kappa shape index (κ1) is 9.84. The zero-order chi connectivity index (χ0) is 9.68. The summed E-state index contributed by atoms with van der Waals surface area (Å²) in [6.45, 7) is 1.84. The lowest BCUT2D eigenvalue weighted by Crippen LogP contribution is -2.70. The molecule has 0 heterocycles. The van der Waals surface area contributed by atoms with Crippen LogP contribution in [0, 0.1) is 0 Å². The maximum absolute atomic E-state index is 11.8. The Morgan fingerprint density at radius 1 is 1.23 bits per heavy atom. The Morgan fingerprint density at radius 3 is 2.38 bits per heavy atom. The third kappa shape index (κ3) is 3.32. The summed E-state index contributed by atoms with van der Waals surface area (Å²) >= 11 is 0. The van der Waals surface area contributed by atoms with Crippen LogP contribution in [0.25, 0.3) is 0 Å². The highest BCUT2D eigenvalue weighted by Crippen LogP contribution is 2.05. The lowest BCUT2D eigenvalue weighted by Gasteiger charge is -1.99. The van der Waals surface area contributed by atoms with Gasteiger partial charge in [-0.05, 0) is 0 Å². The van der Waals surface area contributed by atoms with Crippen molar-refractivity contribution < 1.29 is 13.8 Å². The lowest BCUT2D eigenvalue weighted by atomic mass is 10.1. The Hall–Kier alpha value is -1.25. The van der Waals surface area contributed by atoms with E-state index in [1.807, 2.05) is 37.3 Å². The smallest absolute Gasteiger partial charge is 0.240 e. The van der Waals surface area contributed by atoms with Crippen LogP contribution in [0.1, 0.15) is 18.5 Å². The number of nitrogens with one attached hydrogen (secondary N) is 1. The Morgan fingerprint density at radius 2 is 1.85 bits per heavy atom. The number of halogens is 2. The van der Waals surface area contributed by atoms with Crippen LogP contribution in [0.15, 0.2) is 30.3 Å². The van der Waals surface area contributed by atoms with E-state index >= 15 is 0 Å². The monoisotopic (exact) mass is 184 g/mol. The van der Waals surface area contributed by atoms with E-state index in [-0.39, 0.29) is 6.04 Å². The average Bonchev–Trinajstić information content (AvgIpc) is 2.15. The van der Waals surface area contributed by atoms with Crippen LogP contribution in [-0.4, -0.2) is 12.6 Å². The maximum atomic E-state index is 11.8. The van der Waals surface area contributed by atoms with Gasteiger partial charge in [-0.1, -0.05) is 30.3 Å². The molecule has 0 spiro atoms. The SMILES string of the molecule is C[C@@H]([NH+]=CC(F)F)c1ccccc1. The van der Waals surface area contributed by atoms with Gasteiger partial charge in [-0.15, -0.1) is 0 Å². The molecule has 3 heteroatoms. The van der Waals surface area contributed by atoms with E-state index < -0.39 is 6.43 Å². The molecule has 70 valence electrons. The van der Waals surface area contributed by atoms with E-state index in [1.54, 1.807) is 0 Å². The minimum atomic E-state index is -2.41. The third-order valence-corrected chi connectivity index (χ3v) is 1.77. The highest BCUT2D eigenvalue weighted by molar-refractivity contribution is 5.53. The molecule has 1 N–H and O–H groups in total. The Labute approximate surface area is 76.1 Å². The quantitative estimate of drug-likeness (QED) is 0.678. The fourth-order valence-corrected chi connectivity index (χ4v) is 1.06. The van der Waals surface area contributed by atoms with Gasteiger partial charge < -0.3 is 0 Å². The van der Waals surface area contributed by atoms with Gasteiger partial charge in [-0.3, -0.25) is 0 Å². The molecule has 0 unspecified atom stereocenters. The van der Waals surface area contributed by atoms with Crippen molar-refractivity contribution in [3.8, 4) is 0 Å². The van der Waals surface area contributed by atoms with Crippen molar-refractivity contribution in [1.82, 2.24) is 0 Å². The van der Waals surface area contributed by atoms with E-state index in [9.17, 15) is 8.78 Å². The zero-order valence-corrected chi connectivity index (χ0v) is 7.37. The fourth-order valence-electron chi connectivity index (χ4n) is 1.06. The second-order valence-electron chi connectivity index (χ2n) is 2.80. The molecular formula is C10H12F2N+. The second kappa shape index (κ2) is 4.70. The van der Waals surface area contributed by atoms with Gasteiger partial charge >= 0.3 is 6.43 Å². The molecule has 1 aromatic rings. The summed E-state index contributed by atoms with van der Waals surface area (Å²) in [7, 11) is 0. The van der Waals surface area contributed by atoms with Gasteiger partial charge in [-0.25, -0.2) is 4.99 Å². The van der Waals surface area contributed by atoms with Crippen molar-refractivity contribution in [3.05, 3.63) is 35.9 Å². The predicted molar refractivity (Wildman–Crippen MR) is 47.9 cm³/mol. The van der Waals surface area contributed by atoms with Crippen LogP contribution in [0.3, 0.4) is 0 Å². The van der Waals surface area contributed by atoms with E-state index in [1.165, 1.54) is 0 Å². The summed E-state index contributed by atoms with van der Waals surface area (Å²) in [5.74, 6) is 0. The second-order valence-corrected chi connectivity index (χ2v) is 2.80. The summed E-state index contributed by atoms with van der Waals surface area (Å²) in [6.07, 6.45) is -1.61. The van der Waals surface area contributed by atoms with Gasteiger partial charge in [0.2, 0.25) is 6.21 Å². The van der Waals surface area contributed by atoms with Crippen molar-refractivity contribution >= 4 is 6.21 Å². The van der Waals surface area contributed by atoms with E-state index in [0.717, 1.165) is 11.8 Å². The van der Waals surface area contributed by atoms with E-state index in [0.29, 0.717) is 0 Å². The minimum absolute atomic E-state index is 0.0739. The van der Waals surface area contributed by atoms with Crippen molar-refractivity contribution in [3.63, 3.8) is 0 Å². The van der Waals surface area contributed by atoms with Gasteiger partial charge in [-0.2, -0.15) is 8.78 Å². The summed E-state index contributed by atoms with van der Waals surface area (Å²) in [5, 5.41) is 0.